The van der Waals surface area contributed by atoms with Crippen LogP contribution in [0.15, 0.2) is 18.2 Å². The zero-order valence-corrected chi connectivity index (χ0v) is 8.92. The summed E-state index contributed by atoms with van der Waals surface area (Å²) >= 11 is 0. The van der Waals surface area contributed by atoms with Crippen LogP contribution in [-0.2, 0) is 17.6 Å². The van der Waals surface area contributed by atoms with Crippen LogP contribution in [0.1, 0.15) is 30.9 Å². The molecule has 0 spiro atoms. The van der Waals surface area contributed by atoms with E-state index >= 15 is 0 Å². The summed E-state index contributed by atoms with van der Waals surface area (Å²) in [6.07, 6.45) is 3.52. The molecule has 0 aliphatic heterocycles. The van der Waals surface area contributed by atoms with Crippen LogP contribution in [0.2, 0.25) is 0 Å². The van der Waals surface area contributed by atoms with Gasteiger partial charge in [-0.2, -0.15) is 0 Å². The summed E-state index contributed by atoms with van der Waals surface area (Å²) in [6, 6.07) is 5.00. The van der Waals surface area contributed by atoms with Gasteiger partial charge >= 0.3 is 0 Å². The van der Waals surface area contributed by atoms with E-state index in [2.05, 4.69) is 0 Å². The van der Waals surface area contributed by atoms with Crippen molar-refractivity contribution in [3.8, 4) is 0 Å². The molecule has 2 heteroatoms. The van der Waals surface area contributed by atoms with E-state index in [9.17, 15) is 9.18 Å². The number of ketones is 1. The average Bonchev–Trinajstić information content (AvgIpc) is 2.16. The van der Waals surface area contributed by atoms with E-state index in [-0.39, 0.29) is 11.6 Å². The Morgan fingerprint density at radius 3 is 3.00 bits per heavy atom. The van der Waals surface area contributed by atoms with Crippen molar-refractivity contribution in [2.45, 2.75) is 32.6 Å². The first-order valence-corrected chi connectivity index (χ1v) is 5.42. The Labute approximate surface area is 89.3 Å². The lowest BCUT2D eigenvalue weighted by Crippen LogP contribution is -2.16. The van der Waals surface area contributed by atoms with E-state index in [0.717, 1.165) is 24.8 Å². The molecule has 0 fully saturated rings. The monoisotopic (exact) mass is 206 g/mol. The van der Waals surface area contributed by atoms with Crippen molar-refractivity contribution < 1.29 is 9.18 Å². The molecule has 1 aromatic carbocycles. The third kappa shape index (κ3) is 2.44. The molecule has 1 aliphatic carbocycles. The van der Waals surface area contributed by atoms with Crippen molar-refractivity contribution in [2.75, 3.05) is 0 Å². The Morgan fingerprint density at radius 2 is 2.27 bits per heavy atom. The third-order valence-corrected chi connectivity index (χ3v) is 3.07. The van der Waals surface area contributed by atoms with Gasteiger partial charge in [0.25, 0.3) is 0 Å². The maximum Gasteiger partial charge on any atom is 0.130 e. The van der Waals surface area contributed by atoms with Gasteiger partial charge in [-0.15, -0.1) is 0 Å². The third-order valence-electron chi connectivity index (χ3n) is 3.07. The van der Waals surface area contributed by atoms with Crippen molar-refractivity contribution >= 4 is 5.78 Å². The van der Waals surface area contributed by atoms with E-state index in [4.69, 9.17) is 0 Å². The van der Waals surface area contributed by atoms with E-state index in [0.29, 0.717) is 12.3 Å². The largest absolute Gasteiger partial charge is 0.300 e. The maximum atomic E-state index is 13.0. The fourth-order valence-electron chi connectivity index (χ4n) is 2.38. The standard InChI is InChI=1S/C13H15FO/c1-9(15)6-10-2-3-11-4-5-13(14)8-12(11)7-10/h4-5,8,10H,2-3,6-7H2,1H3. The first kappa shape index (κ1) is 10.3. The normalized spacial score (nSPS) is 19.7. The molecule has 80 valence electrons. The van der Waals surface area contributed by atoms with Gasteiger partial charge in [0, 0.05) is 6.42 Å². The second-order valence-corrected chi connectivity index (χ2v) is 4.43. The molecule has 0 amide bonds. The minimum atomic E-state index is -0.169. The maximum absolute atomic E-state index is 13.0. The molecule has 0 radical (unpaired) electrons. The number of hydrogen-bond donors (Lipinski definition) is 0. The Balaban J connectivity index is 2.14. The molecule has 0 saturated carbocycles. The fourth-order valence-corrected chi connectivity index (χ4v) is 2.38. The van der Waals surface area contributed by atoms with Gasteiger partial charge in [0.2, 0.25) is 0 Å². The molecule has 2 rings (SSSR count). The highest BCUT2D eigenvalue weighted by molar-refractivity contribution is 5.75. The molecule has 0 aromatic heterocycles. The van der Waals surface area contributed by atoms with Crippen LogP contribution in [0, 0.1) is 11.7 Å². The minimum absolute atomic E-state index is 0.169. The molecule has 0 heterocycles. The number of carbonyl (C=O) groups is 1. The molecule has 0 N–H and O–H groups in total. The molecular weight excluding hydrogens is 191 g/mol. The van der Waals surface area contributed by atoms with Crippen LogP contribution in [0.4, 0.5) is 4.39 Å². The Bertz CT molecular complexity index is 384. The Kier molecular flexibility index (Phi) is 2.85. The molecule has 1 unspecified atom stereocenters. The predicted octanol–water partition coefficient (Wildman–Crippen LogP) is 2.91. The highest BCUT2D eigenvalue weighted by atomic mass is 19.1. The van der Waals surface area contributed by atoms with Crippen molar-refractivity contribution in [3.63, 3.8) is 0 Å². The van der Waals surface area contributed by atoms with Crippen LogP contribution in [-0.4, -0.2) is 5.78 Å². The van der Waals surface area contributed by atoms with E-state index in [1.807, 2.05) is 6.07 Å². The van der Waals surface area contributed by atoms with Crippen LogP contribution in [0.5, 0.6) is 0 Å². The van der Waals surface area contributed by atoms with Crippen LogP contribution in [0.25, 0.3) is 0 Å². The van der Waals surface area contributed by atoms with Gasteiger partial charge in [-0.1, -0.05) is 6.07 Å². The van der Waals surface area contributed by atoms with Gasteiger partial charge in [-0.25, -0.2) is 4.39 Å². The predicted molar refractivity (Wildman–Crippen MR) is 57.2 cm³/mol. The topological polar surface area (TPSA) is 17.1 Å². The minimum Gasteiger partial charge on any atom is -0.300 e. The second kappa shape index (κ2) is 4.13. The fraction of sp³-hybridized carbons (Fsp3) is 0.462. The molecule has 0 bridgehead atoms. The van der Waals surface area contributed by atoms with Gasteiger partial charge in [0.05, 0.1) is 0 Å². The summed E-state index contributed by atoms with van der Waals surface area (Å²) in [5.74, 6) is 0.480. The number of halogens is 1. The van der Waals surface area contributed by atoms with Crippen molar-refractivity contribution in [1.82, 2.24) is 0 Å². The summed E-state index contributed by atoms with van der Waals surface area (Å²) in [5.41, 5.74) is 2.34. The second-order valence-electron chi connectivity index (χ2n) is 4.43. The zero-order valence-electron chi connectivity index (χ0n) is 8.92. The Morgan fingerprint density at radius 1 is 1.47 bits per heavy atom. The molecule has 15 heavy (non-hydrogen) atoms. The lowest BCUT2D eigenvalue weighted by molar-refractivity contribution is -0.117. The van der Waals surface area contributed by atoms with Crippen LogP contribution < -0.4 is 0 Å². The van der Waals surface area contributed by atoms with Gasteiger partial charge in [0.15, 0.2) is 0 Å². The number of aryl methyl sites for hydroxylation is 1. The lowest BCUT2D eigenvalue weighted by Gasteiger charge is -2.23. The summed E-state index contributed by atoms with van der Waals surface area (Å²) in [4.78, 5) is 11.0. The smallest absolute Gasteiger partial charge is 0.130 e. The highest BCUT2D eigenvalue weighted by Gasteiger charge is 2.19. The summed E-state index contributed by atoms with van der Waals surface area (Å²) in [7, 11) is 0. The average molecular weight is 206 g/mol. The number of Topliss-reactive ketones (excluding diaryl/α,β-unsaturated/α-hetero) is 1. The van der Waals surface area contributed by atoms with Crippen LogP contribution >= 0.6 is 0 Å². The van der Waals surface area contributed by atoms with Crippen molar-refractivity contribution in [1.29, 1.82) is 0 Å². The number of rotatable bonds is 2. The summed E-state index contributed by atoms with van der Waals surface area (Å²) < 4.78 is 13.0. The van der Waals surface area contributed by atoms with E-state index in [1.54, 1.807) is 13.0 Å². The van der Waals surface area contributed by atoms with E-state index in [1.165, 1.54) is 11.6 Å². The number of benzene rings is 1. The number of carbonyl (C=O) groups excluding carboxylic acids is 1. The number of hydrogen-bond acceptors (Lipinski definition) is 1. The van der Waals surface area contributed by atoms with Crippen molar-refractivity contribution in [2.24, 2.45) is 5.92 Å². The van der Waals surface area contributed by atoms with Gasteiger partial charge < -0.3 is 4.79 Å². The van der Waals surface area contributed by atoms with Gasteiger partial charge in [0.1, 0.15) is 11.6 Å². The Hall–Kier alpha value is -1.18. The summed E-state index contributed by atoms with van der Waals surface area (Å²) in [6.45, 7) is 1.63. The quantitative estimate of drug-likeness (QED) is 0.727. The molecule has 1 aromatic rings. The van der Waals surface area contributed by atoms with Gasteiger partial charge in [-0.3, -0.25) is 0 Å². The lowest BCUT2D eigenvalue weighted by atomic mass is 9.81. The van der Waals surface area contributed by atoms with Crippen LogP contribution in [0.3, 0.4) is 0 Å². The molecule has 1 aliphatic rings. The highest BCUT2D eigenvalue weighted by Crippen LogP contribution is 2.28. The van der Waals surface area contributed by atoms with Gasteiger partial charge in [-0.05, 0) is 55.4 Å². The molecular formula is C13H15FO. The zero-order chi connectivity index (χ0) is 10.8. The molecule has 0 saturated heterocycles. The summed E-state index contributed by atoms with van der Waals surface area (Å²) in [5, 5.41) is 0. The van der Waals surface area contributed by atoms with Crippen molar-refractivity contribution in [3.05, 3.63) is 35.1 Å². The molecule has 1 atom stereocenters. The van der Waals surface area contributed by atoms with E-state index < -0.39 is 0 Å². The SMILES string of the molecule is CC(=O)CC1CCc2ccc(F)cc2C1. The first-order valence-electron chi connectivity index (χ1n) is 5.42. The number of fused-ring (bicyclic) bond motifs is 1. The first-order chi connectivity index (χ1) is 7.15. The molecule has 1 nitrogen and oxygen atoms in total.